The zero-order chi connectivity index (χ0) is 16.9. The first-order valence-corrected chi connectivity index (χ1v) is 7.79. The molecule has 0 radical (unpaired) electrons. The van der Waals surface area contributed by atoms with Gasteiger partial charge in [-0.25, -0.2) is 4.99 Å². The Kier molecular flexibility index (Phi) is 3.11. The first kappa shape index (κ1) is 14.7. The number of hydrogen-bond donors (Lipinski definition) is 2. The second-order valence-corrected chi connectivity index (χ2v) is 6.12. The number of aryl methyl sites for hydroxylation is 1. The second kappa shape index (κ2) is 5.08. The van der Waals surface area contributed by atoms with Crippen LogP contribution in [0.2, 0.25) is 0 Å². The Labute approximate surface area is 140 Å². The van der Waals surface area contributed by atoms with Gasteiger partial charge in [0.05, 0.1) is 12.8 Å². The fourth-order valence-electron chi connectivity index (χ4n) is 3.37. The van der Waals surface area contributed by atoms with E-state index in [1.165, 1.54) is 0 Å². The molecule has 0 saturated carbocycles. The van der Waals surface area contributed by atoms with Crippen LogP contribution in [0.4, 0.5) is 5.69 Å². The van der Waals surface area contributed by atoms with E-state index >= 15 is 0 Å². The van der Waals surface area contributed by atoms with Gasteiger partial charge in [-0.05, 0) is 35.9 Å². The molecule has 0 aromatic heterocycles. The van der Waals surface area contributed by atoms with Gasteiger partial charge in [-0.1, -0.05) is 42.0 Å². The van der Waals surface area contributed by atoms with Crippen molar-refractivity contribution in [2.24, 2.45) is 10.7 Å². The summed E-state index contributed by atoms with van der Waals surface area (Å²) in [6.07, 6.45) is 0. The second-order valence-electron chi connectivity index (χ2n) is 6.12. The molecule has 0 fully saturated rings. The molecule has 0 amide bonds. The normalized spacial score (nSPS) is 19.2. The number of aliphatic imine (C=N–C) groups is 1. The summed E-state index contributed by atoms with van der Waals surface area (Å²) in [6, 6.07) is 17.4. The Hall–Kier alpha value is -2.85. The zero-order valence-corrected chi connectivity index (χ0v) is 13.6. The summed E-state index contributed by atoms with van der Waals surface area (Å²) < 4.78 is 5.42. The van der Waals surface area contributed by atoms with Gasteiger partial charge in [-0.15, -0.1) is 0 Å². The lowest BCUT2D eigenvalue weighted by atomic mass is 9.83. The first-order chi connectivity index (χ1) is 11.5. The quantitative estimate of drug-likeness (QED) is 0.761. The molecular weight excluding hydrogens is 300 g/mol. The Morgan fingerprint density at radius 3 is 2.62 bits per heavy atom. The summed E-state index contributed by atoms with van der Waals surface area (Å²) in [5, 5.41) is 13.5. The molecule has 0 saturated heterocycles. The lowest BCUT2D eigenvalue weighted by Gasteiger charge is -2.27. The van der Waals surface area contributed by atoms with Gasteiger partial charge in [0.25, 0.3) is 0 Å². The van der Waals surface area contributed by atoms with Crippen LogP contribution in [-0.4, -0.2) is 18.1 Å². The summed E-state index contributed by atoms with van der Waals surface area (Å²) >= 11 is 0. The van der Waals surface area contributed by atoms with Crippen molar-refractivity contribution < 1.29 is 9.84 Å². The highest BCUT2D eigenvalue weighted by molar-refractivity contribution is 6.04. The van der Waals surface area contributed by atoms with E-state index in [0.29, 0.717) is 22.6 Å². The van der Waals surface area contributed by atoms with Crippen molar-refractivity contribution in [3.63, 3.8) is 0 Å². The Balaban J connectivity index is 2.08. The van der Waals surface area contributed by atoms with E-state index in [1.54, 1.807) is 7.11 Å². The van der Waals surface area contributed by atoms with Crippen LogP contribution in [0, 0.1) is 6.92 Å². The van der Waals surface area contributed by atoms with Crippen LogP contribution >= 0.6 is 0 Å². The lowest BCUT2D eigenvalue weighted by molar-refractivity contribution is 0.160. The summed E-state index contributed by atoms with van der Waals surface area (Å²) in [5.74, 6) is 0.854. The van der Waals surface area contributed by atoms with Gasteiger partial charge in [-0.3, -0.25) is 0 Å². The number of nitrogens with zero attached hydrogens (tertiary/aromatic N) is 1. The van der Waals surface area contributed by atoms with E-state index in [2.05, 4.69) is 4.99 Å². The Morgan fingerprint density at radius 2 is 1.83 bits per heavy atom. The number of hydrogen-bond acceptors (Lipinski definition) is 4. The average molecular weight is 318 g/mol. The SMILES string of the molecule is COc1cc(C2(O)C(N)=Nc3ccc(C)cc32)c2ccccc2c1. The molecule has 1 aliphatic rings. The number of aliphatic hydroxyl groups is 1. The number of benzene rings is 3. The van der Waals surface area contributed by atoms with Crippen LogP contribution in [0.15, 0.2) is 59.6 Å². The molecule has 3 aromatic carbocycles. The minimum Gasteiger partial charge on any atom is -0.497 e. The monoisotopic (exact) mass is 318 g/mol. The number of nitrogens with two attached hydrogens (primary N) is 1. The molecule has 3 N–H and O–H groups in total. The average Bonchev–Trinajstić information content (AvgIpc) is 2.85. The molecule has 4 rings (SSSR count). The van der Waals surface area contributed by atoms with Gasteiger partial charge in [0.2, 0.25) is 0 Å². The zero-order valence-electron chi connectivity index (χ0n) is 13.6. The molecule has 0 spiro atoms. The van der Waals surface area contributed by atoms with Gasteiger partial charge in [0.15, 0.2) is 5.60 Å². The number of methoxy groups -OCH3 is 1. The van der Waals surface area contributed by atoms with Gasteiger partial charge in [-0.2, -0.15) is 0 Å². The van der Waals surface area contributed by atoms with Crippen LogP contribution < -0.4 is 10.5 Å². The molecule has 4 nitrogen and oxygen atoms in total. The summed E-state index contributed by atoms with van der Waals surface area (Å²) in [4.78, 5) is 4.39. The highest BCUT2D eigenvalue weighted by Crippen LogP contribution is 2.45. The third kappa shape index (κ3) is 1.93. The minimum atomic E-state index is -1.46. The predicted octanol–water partition coefficient (Wildman–Crippen LogP) is 3.40. The smallest absolute Gasteiger partial charge is 0.175 e. The minimum absolute atomic E-state index is 0.182. The molecule has 1 aliphatic heterocycles. The summed E-state index contributed by atoms with van der Waals surface area (Å²) in [5.41, 5.74) is 7.86. The number of amidine groups is 1. The van der Waals surface area contributed by atoms with Crippen LogP contribution in [0.1, 0.15) is 16.7 Å². The van der Waals surface area contributed by atoms with E-state index in [0.717, 1.165) is 16.3 Å². The van der Waals surface area contributed by atoms with Crippen LogP contribution in [0.25, 0.3) is 10.8 Å². The molecule has 24 heavy (non-hydrogen) atoms. The topological polar surface area (TPSA) is 67.8 Å². The van der Waals surface area contributed by atoms with Crippen molar-refractivity contribution in [2.45, 2.75) is 12.5 Å². The molecule has 4 heteroatoms. The highest BCUT2D eigenvalue weighted by atomic mass is 16.5. The van der Waals surface area contributed by atoms with Gasteiger partial charge in [0, 0.05) is 11.1 Å². The highest BCUT2D eigenvalue weighted by Gasteiger charge is 2.43. The van der Waals surface area contributed by atoms with Crippen molar-refractivity contribution in [2.75, 3.05) is 7.11 Å². The van der Waals surface area contributed by atoms with Crippen molar-refractivity contribution >= 4 is 22.3 Å². The van der Waals surface area contributed by atoms with Crippen molar-refractivity contribution in [1.29, 1.82) is 0 Å². The maximum atomic E-state index is 11.6. The Morgan fingerprint density at radius 1 is 1.04 bits per heavy atom. The molecule has 1 atom stereocenters. The molecule has 1 unspecified atom stereocenters. The molecule has 0 aliphatic carbocycles. The van der Waals surface area contributed by atoms with Crippen molar-refractivity contribution in [3.8, 4) is 5.75 Å². The molecule has 0 bridgehead atoms. The van der Waals surface area contributed by atoms with E-state index in [9.17, 15) is 5.11 Å². The fraction of sp³-hybridized carbons (Fsp3) is 0.150. The lowest BCUT2D eigenvalue weighted by Crippen LogP contribution is -2.39. The molecule has 1 heterocycles. The van der Waals surface area contributed by atoms with Crippen molar-refractivity contribution in [1.82, 2.24) is 0 Å². The maximum Gasteiger partial charge on any atom is 0.175 e. The van der Waals surface area contributed by atoms with Gasteiger partial charge < -0.3 is 15.6 Å². The van der Waals surface area contributed by atoms with Gasteiger partial charge in [0.1, 0.15) is 11.6 Å². The largest absolute Gasteiger partial charge is 0.497 e. The van der Waals surface area contributed by atoms with Crippen LogP contribution in [0.5, 0.6) is 5.75 Å². The summed E-state index contributed by atoms with van der Waals surface area (Å²) in [6.45, 7) is 1.99. The molecular formula is C20H18N2O2. The number of fused-ring (bicyclic) bond motifs is 2. The van der Waals surface area contributed by atoms with E-state index in [-0.39, 0.29) is 5.84 Å². The van der Waals surface area contributed by atoms with E-state index in [4.69, 9.17) is 10.5 Å². The van der Waals surface area contributed by atoms with Crippen LogP contribution in [-0.2, 0) is 5.60 Å². The third-order valence-electron chi connectivity index (χ3n) is 4.61. The third-order valence-corrected chi connectivity index (χ3v) is 4.61. The summed E-state index contributed by atoms with van der Waals surface area (Å²) in [7, 11) is 1.61. The van der Waals surface area contributed by atoms with E-state index < -0.39 is 5.60 Å². The fourth-order valence-corrected chi connectivity index (χ4v) is 3.37. The van der Waals surface area contributed by atoms with Crippen molar-refractivity contribution in [3.05, 3.63) is 71.3 Å². The van der Waals surface area contributed by atoms with Crippen LogP contribution in [0.3, 0.4) is 0 Å². The predicted molar refractivity (Wildman–Crippen MR) is 96.0 cm³/mol. The number of ether oxygens (including phenoxy) is 1. The molecule has 3 aromatic rings. The van der Waals surface area contributed by atoms with E-state index in [1.807, 2.05) is 61.5 Å². The standard InChI is InChI=1S/C20H18N2O2/c1-12-7-8-18-17(9-12)20(23,19(21)22-18)16-11-14(24-2)10-13-5-3-4-6-15(13)16/h3-11,23H,1-2H3,(H2,21,22). The molecule has 120 valence electrons. The first-order valence-electron chi connectivity index (χ1n) is 7.79. The number of rotatable bonds is 2. The van der Waals surface area contributed by atoms with Gasteiger partial charge >= 0.3 is 0 Å². The Bertz CT molecular complexity index is 994. The maximum absolute atomic E-state index is 11.6.